The Hall–Kier alpha value is -18.0. The molecule has 136 heavy (non-hydrogen) atoms. The number of hydrogen-bond acceptors (Lipinski definition) is 32. The summed E-state index contributed by atoms with van der Waals surface area (Å²) in [5.41, 5.74) is 36.4. The summed E-state index contributed by atoms with van der Waals surface area (Å²) in [6, 6.07) is 82.8. The second kappa shape index (κ2) is 50.3. The van der Waals surface area contributed by atoms with Gasteiger partial charge in [-0.25, -0.2) is 39.5 Å². The van der Waals surface area contributed by atoms with Crippen LogP contribution >= 0.6 is 34.8 Å². The molecule has 0 atom stereocenters. The molecule has 0 fully saturated rings. The molecule has 0 radical (unpaired) electrons. The maximum Gasteiger partial charge on any atom is 0.394 e. The number of aromatic amines is 4. The van der Waals surface area contributed by atoms with E-state index in [2.05, 4.69) is 64.8 Å². The summed E-state index contributed by atoms with van der Waals surface area (Å²) in [5.74, 6) is -2.31. The van der Waals surface area contributed by atoms with Crippen molar-refractivity contribution in [1.29, 1.82) is 0 Å². The van der Waals surface area contributed by atoms with Crippen LogP contribution in [0.15, 0.2) is 341 Å². The molecule has 0 aliphatic carbocycles. The number of H-pyrrole nitrogens is 4. The van der Waals surface area contributed by atoms with Gasteiger partial charge >= 0.3 is 21.8 Å². The summed E-state index contributed by atoms with van der Waals surface area (Å²) in [6.45, 7) is 0. The van der Waals surface area contributed by atoms with Gasteiger partial charge in [0.15, 0.2) is 21.0 Å². The zero-order valence-corrected chi connectivity index (χ0v) is 73.5. The van der Waals surface area contributed by atoms with E-state index in [0.29, 0.717) is 73.4 Å². The molecule has 0 saturated carbocycles. The number of non-ortho nitro benzene ring substituents is 1. The maximum atomic E-state index is 12.1. The number of aromatic nitrogens is 16. The zero-order chi connectivity index (χ0) is 98.4. The molecule has 17 N–H and O–H groups in total. The lowest BCUT2D eigenvalue weighted by Crippen LogP contribution is -2.26. The number of pyridine rings is 6. The first kappa shape index (κ1) is 102. The van der Waals surface area contributed by atoms with E-state index < -0.39 is 70.2 Å². The van der Waals surface area contributed by atoms with E-state index >= 15 is 0 Å². The molecular formula is C92H74Cl3N23O17S. The Morgan fingerprint density at radius 3 is 1.05 bits per heavy atom. The van der Waals surface area contributed by atoms with Gasteiger partial charge in [0.25, 0.3) is 34.1 Å². The number of nitro benzene ring substituents is 2. The van der Waals surface area contributed by atoms with Gasteiger partial charge in [-0.2, -0.15) is 8.42 Å². The van der Waals surface area contributed by atoms with Crippen LogP contribution in [0.1, 0.15) is 41.7 Å². The monoisotopic (exact) mass is 1910 g/mol. The molecular weight excluding hydrogens is 1840 g/mol. The number of ketones is 4. The van der Waals surface area contributed by atoms with E-state index in [1.54, 1.807) is 122 Å². The van der Waals surface area contributed by atoms with Crippen LogP contribution in [0.4, 0.5) is 39.9 Å². The molecule has 0 bridgehead atoms. The molecule has 11 heterocycles. The number of carbonyl (C=O) groups excluding carboxylic acids is 4. The molecule has 0 unspecified atom stereocenters. The summed E-state index contributed by atoms with van der Waals surface area (Å²) in [6.07, 6.45) is 9.72. The first-order valence-corrected chi connectivity index (χ1v) is 41.7. The lowest BCUT2D eigenvalue weighted by Gasteiger charge is -2.10. The van der Waals surface area contributed by atoms with Gasteiger partial charge in [-0.1, -0.05) is 211 Å². The molecule has 18 aromatic rings. The number of nitrogen functional groups attached to an aromatic ring is 5. The van der Waals surface area contributed by atoms with Crippen LogP contribution in [-0.2, 0) is 10.4 Å². The molecule has 11 aromatic heterocycles. The second-order valence-electron chi connectivity index (χ2n) is 26.5. The van der Waals surface area contributed by atoms with Crippen LogP contribution in [-0.4, -0.2) is 147 Å². The van der Waals surface area contributed by atoms with Gasteiger partial charge in [-0.3, -0.25) is 108 Å². The van der Waals surface area contributed by atoms with E-state index in [4.69, 9.17) is 96.1 Å². The van der Waals surface area contributed by atoms with Crippen molar-refractivity contribution in [2.45, 2.75) is 4.30 Å². The Labute approximate surface area is 783 Å². The fourth-order valence-corrected chi connectivity index (χ4v) is 11.5. The third-order valence-electron chi connectivity index (χ3n) is 17.5. The van der Waals surface area contributed by atoms with Gasteiger partial charge < -0.3 is 33.8 Å². The topological polar surface area (TPSA) is 666 Å². The predicted molar refractivity (Wildman–Crippen MR) is 515 cm³/mol. The highest BCUT2D eigenvalue weighted by Gasteiger charge is 2.24. The molecule has 0 aliphatic heterocycles. The number of anilines is 5. The van der Waals surface area contributed by atoms with E-state index in [-0.39, 0.29) is 62.3 Å². The summed E-state index contributed by atoms with van der Waals surface area (Å²) in [5, 5.41) is 28.6. The van der Waals surface area contributed by atoms with E-state index in [9.17, 15) is 58.6 Å². The van der Waals surface area contributed by atoms with Crippen molar-refractivity contribution in [1.82, 2.24) is 79.7 Å². The minimum atomic E-state index is -4.67. The van der Waals surface area contributed by atoms with Gasteiger partial charge in [0, 0.05) is 78.7 Å². The number of rotatable bonds is 14. The van der Waals surface area contributed by atoms with Crippen LogP contribution < -0.4 is 51.2 Å². The smallest absolute Gasteiger partial charge is 0.394 e. The quantitative estimate of drug-likeness (QED) is 0.00915. The molecule has 686 valence electrons. The van der Waals surface area contributed by atoms with Crippen molar-refractivity contribution >= 4 is 142 Å². The number of alkyl halides is 3. The third-order valence-corrected chi connectivity index (χ3v) is 17.5. The Morgan fingerprint density at radius 1 is 0.346 bits per heavy atom. The number of nitro groups is 2. The number of aliphatic hydroxyl groups is 1. The van der Waals surface area contributed by atoms with E-state index in [1.807, 2.05) is 157 Å². The Kier molecular flexibility index (Phi) is 37.6. The average Bonchev–Trinajstić information content (AvgIpc) is 0.778. The minimum absolute atomic E-state index is 0.0255. The van der Waals surface area contributed by atoms with Crippen molar-refractivity contribution < 1.29 is 51.7 Å². The maximum absolute atomic E-state index is 12.1. The van der Waals surface area contributed by atoms with Crippen LogP contribution in [0.2, 0.25) is 0 Å². The lowest BCUT2D eigenvalue weighted by atomic mass is 10.0. The fraction of sp³-hybridized carbons (Fsp3) is 0.0217. The van der Waals surface area contributed by atoms with Crippen molar-refractivity contribution in [3.63, 3.8) is 0 Å². The van der Waals surface area contributed by atoms with Crippen LogP contribution in [0.5, 0.6) is 0 Å². The van der Waals surface area contributed by atoms with E-state index in [1.165, 1.54) is 48.8 Å². The number of nitrogens with zero attached hydrogens (tertiary/aromatic N) is 14. The van der Waals surface area contributed by atoms with Gasteiger partial charge in [0.05, 0.1) is 66.4 Å². The van der Waals surface area contributed by atoms with Crippen molar-refractivity contribution in [2.75, 3.05) is 35.8 Å². The Morgan fingerprint density at radius 2 is 0.669 bits per heavy atom. The van der Waals surface area contributed by atoms with Gasteiger partial charge in [-0.05, 0) is 97.1 Å². The highest BCUT2D eigenvalue weighted by molar-refractivity contribution is 7.79. The molecule has 40 nitrogen and oxygen atoms in total. The molecule has 0 amide bonds. The second-order valence-corrected chi connectivity index (χ2v) is 29.4. The highest BCUT2D eigenvalue weighted by atomic mass is 35.6. The molecule has 0 saturated heterocycles. The number of aliphatic hydroxyl groups excluding tert-OH is 1. The minimum Gasteiger partial charge on any atom is -0.400 e. The number of hydrogen-bond donors (Lipinski definition) is 12. The number of halogens is 3. The van der Waals surface area contributed by atoms with E-state index in [0.717, 1.165) is 35.1 Å². The fourth-order valence-electron chi connectivity index (χ4n) is 11.5. The Balaban J connectivity index is 0.000000178. The van der Waals surface area contributed by atoms with Gasteiger partial charge in [-0.15, -0.1) is 0 Å². The molecule has 7 aromatic carbocycles. The predicted octanol–water partition coefficient (Wildman–Crippen LogP) is 13.6. The van der Waals surface area contributed by atoms with Crippen LogP contribution in [0, 0.1) is 20.2 Å². The number of nitrogens with two attached hydrogens (primary N) is 5. The SMILES string of the molecule is CO.ClC(Cl)Cl.Nc1[nH]c(=O)[nH]c(=O)c1N.Nc1cccc([N+](=O)[O-])c1N.Nc1cccc2nc(-c3ccccn3)c(-c3ccccn3)nc12.O=C(C(=O)c1ccccc1)c1ccccc1.O=C(C(=O)c1ccccn1)c1ccccn1.O=S(=O)(O)O.O=[N+]([O-])c1cccc2nc(-c3ccccn3)c(-c3ccccn3)nc12.O=c1[nH]c(=O)c2nc(-c3ccccc3)c(-c3ccccc3)nc2[nH]1. The summed E-state index contributed by atoms with van der Waals surface area (Å²) in [4.78, 5) is 174. The van der Waals surface area contributed by atoms with Crippen molar-refractivity contribution in [3.05, 3.63) is 407 Å². The molecule has 18 rings (SSSR count). The largest absolute Gasteiger partial charge is 0.400 e. The Bertz CT molecular complexity index is 7330. The number of carbonyl (C=O) groups is 4. The van der Waals surface area contributed by atoms with Gasteiger partial charge in [0.2, 0.25) is 11.6 Å². The standard InChI is InChI=1S/C18H11N5O2.C18H13N5.C18H12N4O2.C14H10O2.C12H8N2O2.C6H7N3O2.C4H6N4O2.CHCl3.CH4O.H2O4S/c24-23(25)15-9-5-8-14-16(15)22-18(13-7-2-4-11-20-13)17(21-14)12-6-1-3-10-19-12;19-12-6-5-9-15-16(12)23-18(14-8-2-4-11-21-14)17(22-15)13-7-1-3-10-20-13;23-17-15-16(21-18(24)22-17)20-14(12-9-5-2-6-10-12)13(19-15)11-7-3-1-4-8-11;15-13(11-7-3-1-4-8-11)14(16)12-9-5-2-6-10-12;15-11(9-5-1-3-7-13-9)12(16)10-6-2-4-8-14-10;7-4-2-1-3-5(6(4)8)9(10)11;5-1-2(6)7-4(10)8-3(1)9;2-1(3)4;1-2;1-5(2,3)4/h1-11H;1-11H,19H2;1-10H,(H2,20,21,22,23,24);1-10H;1-8H;1-3H,7-8H2;5H2,(H4,6,7,8,9,10);1H;2H,1H3;(H2,1,2,3,4). The average molecular weight is 1910 g/mol. The summed E-state index contributed by atoms with van der Waals surface area (Å²) in [7, 11) is -3.67. The number of Topliss-reactive ketones (excluding diaryl/α,β-unsaturated/α-hetero) is 4. The molecule has 0 aliphatic rings. The summed E-state index contributed by atoms with van der Waals surface area (Å²) < 4.78 is 30.8. The highest BCUT2D eigenvalue weighted by Crippen LogP contribution is 2.35. The zero-order valence-electron chi connectivity index (χ0n) is 70.4. The number of nitrogens with one attached hydrogen (secondary N) is 4. The molecule has 0 spiro atoms. The number of fused-ring (bicyclic) bond motifs is 3. The van der Waals surface area contributed by atoms with Gasteiger partial charge in [0.1, 0.15) is 56.9 Å². The van der Waals surface area contributed by atoms with Crippen molar-refractivity contribution in [2.24, 2.45) is 0 Å². The molecule has 44 heteroatoms. The lowest BCUT2D eigenvalue weighted by molar-refractivity contribution is -0.383. The third kappa shape index (κ3) is 29.5. The van der Waals surface area contributed by atoms with Crippen LogP contribution in [0.3, 0.4) is 0 Å². The normalized spacial score (nSPS) is 10.2. The number of para-hydroxylation sites is 3. The first-order chi connectivity index (χ1) is 65.3. The summed E-state index contributed by atoms with van der Waals surface area (Å²) >= 11 is 14.4. The first-order valence-electron chi connectivity index (χ1n) is 39.0. The van der Waals surface area contributed by atoms with Crippen molar-refractivity contribution in [3.8, 4) is 68.1 Å². The number of benzene rings is 7. The van der Waals surface area contributed by atoms with Crippen LogP contribution in [0.25, 0.3) is 101 Å².